The van der Waals surface area contributed by atoms with Crippen LogP contribution < -0.4 is 5.32 Å². The number of nitrogens with zero attached hydrogens (tertiary/aromatic N) is 3. The fourth-order valence-electron chi connectivity index (χ4n) is 2.68. The Hall–Kier alpha value is -2.47. The molecule has 25 heavy (non-hydrogen) atoms. The lowest BCUT2D eigenvalue weighted by molar-refractivity contribution is 0.684. The van der Waals surface area contributed by atoms with Gasteiger partial charge in [-0.3, -0.25) is 0 Å². The van der Waals surface area contributed by atoms with E-state index >= 15 is 0 Å². The lowest BCUT2D eigenvalue weighted by Crippen LogP contribution is -2.09. The highest BCUT2D eigenvalue weighted by molar-refractivity contribution is 7.92. The highest BCUT2D eigenvalue weighted by atomic mass is 32.2. The quantitative estimate of drug-likeness (QED) is 0.750. The van der Waals surface area contributed by atoms with Gasteiger partial charge in [-0.15, -0.1) is 0 Å². The monoisotopic (exact) mass is 354 g/mol. The van der Waals surface area contributed by atoms with Gasteiger partial charge in [-0.25, -0.2) is 14.2 Å². The summed E-state index contributed by atoms with van der Waals surface area (Å²) in [7, 11) is -2.22. The molecule has 6 heteroatoms. The first-order valence-electron chi connectivity index (χ1n) is 8.09. The van der Waals surface area contributed by atoms with Crippen LogP contribution in [-0.4, -0.2) is 26.7 Å². The molecule has 1 unspecified atom stereocenters. The molecule has 130 valence electrons. The summed E-state index contributed by atoms with van der Waals surface area (Å²) in [6, 6.07) is 15.9. The molecule has 1 N–H and O–H groups in total. The highest BCUT2D eigenvalue weighted by Gasteiger charge is 2.11. The fourth-order valence-corrected chi connectivity index (χ4v) is 3.30. The summed E-state index contributed by atoms with van der Waals surface area (Å²) in [6.45, 7) is 3.97. The number of hydrogen-bond acceptors (Lipinski definition) is 5. The van der Waals surface area contributed by atoms with Crippen molar-refractivity contribution in [3.63, 3.8) is 0 Å². The van der Waals surface area contributed by atoms with Gasteiger partial charge in [0.25, 0.3) is 0 Å². The Morgan fingerprint density at radius 1 is 1.08 bits per heavy atom. The molecular formula is C19H22N4OS. The van der Waals surface area contributed by atoms with Crippen LogP contribution in [0.1, 0.15) is 24.4 Å². The van der Waals surface area contributed by atoms with Crippen LogP contribution in [0.15, 0.2) is 52.9 Å². The van der Waals surface area contributed by atoms with Gasteiger partial charge in [0.15, 0.2) is 0 Å². The van der Waals surface area contributed by atoms with E-state index < -0.39 is 9.73 Å². The number of rotatable bonds is 4. The second-order valence-corrected chi connectivity index (χ2v) is 8.92. The summed E-state index contributed by atoms with van der Waals surface area (Å²) in [4.78, 5) is 9.06. The van der Waals surface area contributed by atoms with Crippen LogP contribution >= 0.6 is 0 Å². The van der Waals surface area contributed by atoms with Crippen LogP contribution in [0.5, 0.6) is 0 Å². The third-order valence-electron chi connectivity index (χ3n) is 3.77. The van der Waals surface area contributed by atoms with Crippen molar-refractivity contribution in [2.45, 2.75) is 19.9 Å². The molecule has 2 aromatic carbocycles. The third-order valence-corrected chi connectivity index (χ3v) is 4.42. The largest absolute Gasteiger partial charge is 0.363 e. The predicted octanol–water partition coefficient (Wildman–Crippen LogP) is 4.47. The SMILES string of the molecule is Cc1nc(NC(C)c2ccccc2)c2cc(N=S(C)(C)=O)ccc2n1. The molecule has 3 aromatic rings. The van der Waals surface area contributed by atoms with Crippen LogP contribution in [0.4, 0.5) is 11.5 Å². The number of nitrogens with one attached hydrogen (secondary N) is 1. The standard InChI is InChI=1S/C19H22N4OS/c1-13(15-8-6-5-7-9-15)20-19-17-12-16(23-25(3,4)24)10-11-18(17)21-14(2)22-19/h5-13H,1-4H3,(H,20,21,22). The molecule has 5 nitrogen and oxygen atoms in total. The Bertz CT molecular complexity index is 1020. The zero-order valence-electron chi connectivity index (χ0n) is 14.9. The minimum absolute atomic E-state index is 0.0980. The third kappa shape index (κ3) is 4.33. The predicted molar refractivity (Wildman–Crippen MR) is 105 cm³/mol. The molecule has 3 rings (SSSR count). The summed E-state index contributed by atoms with van der Waals surface area (Å²) in [5.74, 6) is 1.46. The van der Waals surface area contributed by atoms with Gasteiger partial charge < -0.3 is 5.32 Å². The molecular weight excluding hydrogens is 332 g/mol. The number of anilines is 1. The summed E-state index contributed by atoms with van der Waals surface area (Å²) in [5, 5.41) is 4.34. The number of hydrogen-bond donors (Lipinski definition) is 1. The molecule has 1 atom stereocenters. The number of fused-ring (bicyclic) bond motifs is 1. The number of aromatic nitrogens is 2. The maximum Gasteiger partial charge on any atom is 0.138 e. The first-order valence-corrected chi connectivity index (χ1v) is 10.4. The van der Waals surface area contributed by atoms with Crippen molar-refractivity contribution < 1.29 is 4.21 Å². The van der Waals surface area contributed by atoms with E-state index in [2.05, 4.69) is 38.7 Å². The average Bonchev–Trinajstić information content (AvgIpc) is 2.54. The zero-order valence-corrected chi connectivity index (χ0v) is 15.7. The molecule has 0 aliphatic carbocycles. The van der Waals surface area contributed by atoms with Gasteiger partial charge in [-0.1, -0.05) is 30.3 Å². The van der Waals surface area contributed by atoms with Crippen LogP contribution in [0.2, 0.25) is 0 Å². The Balaban J connectivity index is 2.07. The Labute approximate surface area is 148 Å². The summed E-state index contributed by atoms with van der Waals surface area (Å²) in [6.07, 6.45) is 3.25. The Morgan fingerprint density at radius 3 is 2.48 bits per heavy atom. The maximum atomic E-state index is 12.0. The smallest absolute Gasteiger partial charge is 0.138 e. The number of benzene rings is 2. The minimum Gasteiger partial charge on any atom is -0.363 e. The molecule has 0 fully saturated rings. The molecule has 0 saturated carbocycles. The van der Waals surface area contributed by atoms with Crippen LogP contribution in [0.3, 0.4) is 0 Å². The van der Waals surface area contributed by atoms with E-state index in [9.17, 15) is 4.21 Å². The number of aryl methyl sites for hydroxylation is 1. The molecule has 0 radical (unpaired) electrons. The lowest BCUT2D eigenvalue weighted by Gasteiger charge is -2.17. The van der Waals surface area contributed by atoms with Crippen molar-refractivity contribution in [1.82, 2.24) is 9.97 Å². The second-order valence-electron chi connectivity index (χ2n) is 6.37. The second kappa shape index (κ2) is 6.80. The lowest BCUT2D eigenvalue weighted by atomic mass is 10.1. The first-order chi connectivity index (χ1) is 11.8. The van der Waals surface area contributed by atoms with Crippen LogP contribution in [0.25, 0.3) is 10.9 Å². The Morgan fingerprint density at radius 2 is 1.80 bits per heavy atom. The van der Waals surface area contributed by atoms with Gasteiger partial charge in [-0.2, -0.15) is 4.36 Å². The van der Waals surface area contributed by atoms with Crippen molar-refractivity contribution in [1.29, 1.82) is 0 Å². The van der Waals surface area contributed by atoms with Gasteiger partial charge >= 0.3 is 0 Å². The Kier molecular flexibility index (Phi) is 4.72. The molecule has 0 saturated heterocycles. The van der Waals surface area contributed by atoms with Gasteiger partial charge in [0.2, 0.25) is 0 Å². The van der Waals surface area contributed by atoms with Crippen molar-refractivity contribution >= 4 is 32.1 Å². The van der Waals surface area contributed by atoms with E-state index in [4.69, 9.17) is 0 Å². The van der Waals surface area contributed by atoms with E-state index in [0.717, 1.165) is 16.7 Å². The fraction of sp³-hybridized carbons (Fsp3) is 0.263. The summed E-state index contributed by atoms with van der Waals surface area (Å²) < 4.78 is 16.3. The van der Waals surface area contributed by atoms with Crippen LogP contribution in [0, 0.1) is 6.92 Å². The van der Waals surface area contributed by atoms with Gasteiger partial charge in [0.1, 0.15) is 11.6 Å². The van der Waals surface area contributed by atoms with E-state index in [-0.39, 0.29) is 6.04 Å². The molecule has 0 aliphatic heterocycles. The summed E-state index contributed by atoms with van der Waals surface area (Å²) >= 11 is 0. The first kappa shape index (κ1) is 17.4. The minimum atomic E-state index is -2.22. The van der Waals surface area contributed by atoms with Gasteiger partial charge in [0, 0.05) is 33.7 Å². The zero-order chi connectivity index (χ0) is 18.0. The van der Waals surface area contributed by atoms with Crippen molar-refractivity contribution in [3.05, 3.63) is 59.9 Å². The molecule has 0 aliphatic rings. The molecule has 0 spiro atoms. The van der Waals surface area contributed by atoms with Gasteiger partial charge in [0.05, 0.1) is 11.2 Å². The van der Waals surface area contributed by atoms with Crippen molar-refractivity contribution in [3.8, 4) is 0 Å². The van der Waals surface area contributed by atoms with Crippen LogP contribution in [-0.2, 0) is 9.73 Å². The molecule has 0 bridgehead atoms. The normalized spacial score (nSPS) is 12.8. The van der Waals surface area contributed by atoms with Crippen molar-refractivity contribution in [2.75, 3.05) is 17.8 Å². The molecule has 1 heterocycles. The van der Waals surface area contributed by atoms with E-state index in [1.165, 1.54) is 5.56 Å². The highest BCUT2D eigenvalue weighted by Crippen LogP contribution is 2.28. The van der Waals surface area contributed by atoms with Gasteiger partial charge in [-0.05, 0) is 37.6 Å². The summed E-state index contributed by atoms with van der Waals surface area (Å²) in [5.41, 5.74) is 2.69. The van der Waals surface area contributed by atoms with E-state index in [1.54, 1.807) is 12.5 Å². The van der Waals surface area contributed by atoms with Crippen molar-refractivity contribution in [2.24, 2.45) is 4.36 Å². The molecule has 0 amide bonds. The van der Waals surface area contributed by atoms with E-state index in [1.807, 2.05) is 43.3 Å². The molecule has 1 aromatic heterocycles. The average molecular weight is 354 g/mol. The van der Waals surface area contributed by atoms with E-state index in [0.29, 0.717) is 11.5 Å². The topological polar surface area (TPSA) is 67.2 Å². The maximum absolute atomic E-state index is 12.0.